The predicted octanol–water partition coefficient (Wildman–Crippen LogP) is 1.67. The summed E-state index contributed by atoms with van der Waals surface area (Å²) >= 11 is 0. The third-order valence-electron chi connectivity index (χ3n) is 6.49. The third kappa shape index (κ3) is 3.30. The van der Waals surface area contributed by atoms with Crippen LogP contribution in [-0.2, 0) is 52.1 Å². The van der Waals surface area contributed by atoms with Crippen molar-refractivity contribution in [2.75, 3.05) is 20.2 Å². The van der Waals surface area contributed by atoms with Crippen LogP contribution in [0, 0.1) is 0 Å². The number of sulfonamides is 1. The summed E-state index contributed by atoms with van der Waals surface area (Å²) in [5.41, 5.74) is 3.84. The highest BCUT2D eigenvalue weighted by Crippen LogP contribution is 2.35. The fourth-order valence-electron chi connectivity index (χ4n) is 4.74. The maximum Gasteiger partial charge on any atom is 0.243 e. The number of hydrogen-bond donors (Lipinski definition) is 0. The summed E-state index contributed by atoms with van der Waals surface area (Å²) < 4.78 is 41.2. The van der Waals surface area contributed by atoms with Crippen LogP contribution in [0.15, 0.2) is 23.1 Å². The monoisotopic (exact) mass is 418 g/mol. The van der Waals surface area contributed by atoms with Gasteiger partial charge in [-0.05, 0) is 55.4 Å². The number of fused-ring (bicyclic) bond motifs is 2. The first-order valence-corrected chi connectivity index (χ1v) is 11.6. The van der Waals surface area contributed by atoms with Gasteiger partial charge in [0.2, 0.25) is 10.0 Å². The summed E-state index contributed by atoms with van der Waals surface area (Å²) in [7, 11) is -1.84. The Hall–Kier alpha value is -1.81. The smallest absolute Gasteiger partial charge is 0.243 e. The number of rotatable bonds is 4. The Labute approximate surface area is 170 Å². The zero-order chi connectivity index (χ0) is 20.1. The molecule has 1 aromatic carbocycles. The predicted molar refractivity (Wildman–Crippen MR) is 105 cm³/mol. The number of aryl methyl sites for hydroxylation is 2. The first-order valence-electron chi connectivity index (χ1n) is 10.2. The normalized spacial score (nSPS) is 21.3. The lowest BCUT2D eigenvalue weighted by atomic mass is 9.91. The minimum atomic E-state index is -3.48. The largest absolute Gasteiger partial charge is 0.378 e. The van der Waals surface area contributed by atoms with Crippen molar-refractivity contribution < 1.29 is 17.9 Å². The van der Waals surface area contributed by atoms with Crippen LogP contribution in [0.4, 0.5) is 0 Å². The Morgan fingerprint density at radius 3 is 2.79 bits per heavy atom. The first kappa shape index (κ1) is 19.2. The van der Waals surface area contributed by atoms with Crippen LogP contribution in [0.25, 0.3) is 0 Å². The van der Waals surface area contributed by atoms with Crippen LogP contribution in [0.1, 0.15) is 41.8 Å². The molecule has 1 saturated heterocycles. The number of hydrogen-bond acceptors (Lipinski definition) is 6. The second-order valence-electron chi connectivity index (χ2n) is 8.23. The molecule has 5 rings (SSSR count). The van der Waals surface area contributed by atoms with Gasteiger partial charge in [0.25, 0.3) is 0 Å². The summed E-state index contributed by atoms with van der Waals surface area (Å²) in [6.45, 7) is 2.36. The molecule has 1 aliphatic carbocycles. The van der Waals surface area contributed by atoms with E-state index in [2.05, 4.69) is 10.3 Å². The van der Waals surface area contributed by atoms with E-state index in [0.717, 1.165) is 30.7 Å². The van der Waals surface area contributed by atoms with E-state index in [0.29, 0.717) is 50.6 Å². The molecule has 1 spiro atoms. The van der Waals surface area contributed by atoms with Crippen molar-refractivity contribution in [2.24, 2.45) is 0 Å². The van der Waals surface area contributed by atoms with Gasteiger partial charge in [0, 0.05) is 20.2 Å². The van der Waals surface area contributed by atoms with Crippen molar-refractivity contribution in [2.45, 2.75) is 62.4 Å². The lowest BCUT2D eigenvalue weighted by Gasteiger charge is -2.43. The maximum atomic E-state index is 13.2. The summed E-state index contributed by atoms with van der Waals surface area (Å²) in [6, 6.07) is 5.62. The van der Waals surface area contributed by atoms with Gasteiger partial charge >= 0.3 is 0 Å². The second kappa shape index (κ2) is 7.16. The van der Waals surface area contributed by atoms with Crippen molar-refractivity contribution in [1.82, 2.24) is 19.3 Å². The lowest BCUT2D eigenvalue weighted by molar-refractivity contribution is -0.117. The molecule has 8 nitrogen and oxygen atoms in total. The minimum Gasteiger partial charge on any atom is -0.378 e. The first-order chi connectivity index (χ1) is 14.0. The van der Waals surface area contributed by atoms with Gasteiger partial charge in [-0.25, -0.2) is 13.1 Å². The van der Waals surface area contributed by atoms with Crippen LogP contribution in [0.3, 0.4) is 0 Å². The number of piperidine rings is 1. The van der Waals surface area contributed by atoms with Crippen LogP contribution >= 0.6 is 0 Å². The van der Waals surface area contributed by atoms with E-state index in [1.165, 1.54) is 11.1 Å². The van der Waals surface area contributed by atoms with E-state index in [1.807, 2.05) is 16.8 Å². The summed E-state index contributed by atoms with van der Waals surface area (Å²) in [5.74, 6) is 0. The fraction of sp³-hybridized carbons (Fsp3) is 0.600. The van der Waals surface area contributed by atoms with E-state index in [9.17, 15) is 8.42 Å². The Bertz CT molecular complexity index is 1030. The van der Waals surface area contributed by atoms with E-state index in [1.54, 1.807) is 17.5 Å². The van der Waals surface area contributed by atoms with Crippen LogP contribution in [0.2, 0.25) is 0 Å². The van der Waals surface area contributed by atoms with Crippen molar-refractivity contribution in [3.63, 3.8) is 0 Å². The molecule has 9 heteroatoms. The van der Waals surface area contributed by atoms with Gasteiger partial charge in [0.1, 0.15) is 5.69 Å². The highest BCUT2D eigenvalue weighted by atomic mass is 32.2. The lowest BCUT2D eigenvalue weighted by Crippen LogP contribution is -2.52. The van der Waals surface area contributed by atoms with Gasteiger partial charge in [-0.15, -0.1) is 5.10 Å². The molecule has 156 valence electrons. The molecule has 1 fully saturated rings. The Morgan fingerprint density at radius 2 is 2.00 bits per heavy atom. The van der Waals surface area contributed by atoms with Gasteiger partial charge in [-0.3, -0.25) is 0 Å². The van der Waals surface area contributed by atoms with E-state index in [-0.39, 0.29) is 5.60 Å². The molecule has 0 N–H and O–H groups in total. The molecule has 3 heterocycles. The van der Waals surface area contributed by atoms with Gasteiger partial charge < -0.3 is 9.47 Å². The summed E-state index contributed by atoms with van der Waals surface area (Å²) in [4.78, 5) is 0.418. The van der Waals surface area contributed by atoms with E-state index >= 15 is 0 Å². The molecule has 29 heavy (non-hydrogen) atoms. The van der Waals surface area contributed by atoms with Crippen LogP contribution in [-0.4, -0.2) is 53.5 Å². The van der Waals surface area contributed by atoms with Gasteiger partial charge in [-0.2, -0.15) is 4.31 Å². The van der Waals surface area contributed by atoms with E-state index < -0.39 is 10.0 Å². The summed E-state index contributed by atoms with van der Waals surface area (Å²) in [6.07, 6.45) is 4.43. The van der Waals surface area contributed by atoms with E-state index in [4.69, 9.17) is 9.47 Å². The van der Waals surface area contributed by atoms with Crippen molar-refractivity contribution >= 4 is 10.0 Å². The average molecular weight is 419 g/mol. The molecule has 0 radical (unpaired) electrons. The minimum absolute atomic E-state index is 0.380. The fourth-order valence-corrected chi connectivity index (χ4v) is 6.23. The van der Waals surface area contributed by atoms with Gasteiger partial charge in [0.15, 0.2) is 0 Å². The second-order valence-corrected chi connectivity index (χ2v) is 10.2. The highest BCUT2D eigenvalue weighted by Gasteiger charge is 2.43. The number of ether oxygens (including phenoxy) is 2. The highest BCUT2D eigenvalue weighted by molar-refractivity contribution is 7.89. The standard InChI is InChI=1S/C20H26N4O4S/c1-27-12-18-19-13-28-20(14-24(19)22-21-18)7-9-23(10-8-20)29(25,26)17-6-5-15-3-2-4-16(15)11-17/h5-6,11H,2-4,7-10,12-14H2,1H3. The maximum absolute atomic E-state index is 13.2. The Kier molecular flexibility index (Phi) is 4.73. The molecule has 0 unspecified atom stereocenters. The quantitative estimate of drug-likeness (QED) is 0.751. The molecule has 3 aliphatic rings. The molecular weight excluding hydrogens is 392 g/mol. The molecule has 0 bridgehead atoms. The van der Waals surface area contributed by atoms with Crippen LogP contribution in [0.5, 0.6) is 0 Å². The number of benzene rings is 1. The molecule has 0 atom stereocenters. The molecule has 2 aliphatic heterocycles. The topological polar surface area (TPSA) is 86.6 Å². The van der Waals surface area contributed by atoms with Gasteiger partial charge in [0.05, 0.1) is 35.9 Å². The zero-order valence-corrected chi connectivity index (χ0v) is 17.4. The zero-order valence-electron chi connectivity index (χ0n) is 16.6. The molecule has 0 saturated carbocycles. The van der Waals surface area contributed by atoms with Crippen molar-refractivity contribution in [3.8, 4) is 0 Å². The number of aromatic nitrogens is 3. The molecule has 1 aromatic heterocycles. The number of nitrogens with zero attached hydrogens (tertiary/aromatic N) is 4. The average Bonchev–Trinajstić information content (AvgIpc) is 3.35. The molecule has 0 amide bonds. The SMILES string of the molecule is COCc1nnn2c1COC1(CCN(S(=O)(=O)c3ccc4c(c3)CCC4)CC1)C2. The van der Waals surface area contributed by atoms with Crippen molar-refractivity contribution in [3.05, 3.63) is 40.7 Å². The Morgan fingerprint density at radius 1 is 1.21 bits per heavy atom. The molecular formula is C20H26N4O4S. The number of methoxy groups -OCH3 is 1. The van der Waals surface area contributed by atoms with Gasteiger partial charge in [-0.1, -0.05) is 11.3 Å². The summed E-state index contributed by atoms with van der Waals surface area (Å²) in [5, 5.41) is 8.44. The van der Waals surface area contributed by atoms with Crippen molar-refractivity contribution in [1.29, 1.82) is 0 Å². The van der Waals surface area contributed by atoms with Crippen LogP contribution < -0.4 is 0 Å². The molecule has 2 aromatic rings. The Balaban J connectivity index is 1.30. The third-order valence-corrected chi connectivity index (χ3v) is 8.39.